The van der Waals surface area contributed by atoms with Crippen molar-refractivity contribution in [1.29, 1.82) is 0 Å². The summed E-state index contributed by atoms with van der Waals surface area (Å²) >= 11 is 5.93. The second kappa shape index (κ2) is 6.58. The van der Waals surface area contributed by atoms with E-state index in [0.717, 1.165) is 5.56 Å². The van der Waals surface area contributed by atoms with Crippen LogP contribution >= 0.6 is 11.6 Å². The Kier molecular flexibility index (Phi) is 4.78. The van der Waals surface area contributed by atoms with Crippen LogP contribution in [0.25, 0.3) is 0 Å². The van der Waals surface area contributed by atoms with Crippen molar-refractivity contribution in [2.24, 2.45) is 0 Å². The summed E-state index contributed by atoms with van der Waals surface area (Å²) in [4.78, 5) is 24.5. The molecule has 2 rings (SSSR count). The lowest BCUT2D eigenvalue weighted by atomic mass is 10.1. The molecular weight excluding hydrogens is 304 g/mol. The highest BCUT2D eigenvalue weighted by atomic mass is 35.5. The summed E-state index contributed by atoms with van der Waals surface area (Å²) < 4.78 is 0. The zero-order chi connectivity index (χ0) is 16.3. The molecule has 0 radical (unpaired) electrons. The topological polar surface area (TPSA) is 63.5 Å². The summed E-state index contributed by atoms with van der Waals surface area (Å²) in [6.07, 6.45) is 0. The van der Waals surface area contributed by atoms with Crippen LogP contribution in [0.15, 0.2) is 42.5 Å². The predicted molar refractivity (Wildman–Crippen MR) is 85.1 cm³/mol. The molecule has 22 heavy (non-hydrogen) atoms. The van der Waals surface area contributed by atoms with Gasteiger partial charge in [-0.05, 0) is 30.7 Å². The highest BCUT2D eigenvalue weighted by Crippen LogP contribution is 2.22. The van der Waals surface area contributed by atoms with E-state index in [1.54, 1.807) is 32.2 Å². The first-order valence-corrected chi connectivity index (χ1v) is 7.02. The molecule has 0 aromatic heterocycles. The lowest BCUT2D eigenvalue weighted by Crippen LogP contribution is -2.27. The molecule has 0 unspecified atom stereocenters. The predicted octanol–water partition coefficient (Wildman–Crippen LogP) is 3.83. The molecule has 0 saturated heterocycles. The summed E-state index contributed by atoms with van der Waals surface area (Å²) in [5.74, 6) is -0.263. The summed E-state index contributed by atoms with van der Waals surface area (Å²) in [5, 5.41) is 11.6. The van der Waals surface area contributed by atoms with Crippen molar-refractivity contribution < 1.29 is 9.72 Å². The Morgan fingerprint density at radius 3 is 2.59 bits per heavy atom. The number of hydrogen-bond donors (Lipinski definition) is 0. The van der Waals surface area contributed by atoms with Crippen LogP contribution < -0.4 is 0 Å². The van der Waals surface area contributed by atoms with Gasteiger partial charge in [0.25, 0.3) is 11.6 Å². The molecule has 0 N–H and O–H groups in total. The number of rotatable bonds is 4. The van der Waals surface area contributed by atoms with E-state index in [1.165, 1.54) is 17.0 Å². The molecule has 0 aliphatic rings. The van der Waals surface area contributed by atoms with Gasteiger partial charge in [-0.1, -0.05) is 29.8 Å². The molecule has 5 nitrogen and oxygen atoms in total. The van der Waals surface area contributed by atoms with Crippen LogP contribution in [0.3, 0.4) is 0 Å². The number of benzene rings is 2. The largest absolute Gasteiger partial charge is 0.337 e. The molecule has 0 atom stereocenters. The first kappa shape index (κ1) is 16.0. The molecule has 114 valence electrons. The molecule has 0 saturated carbocycles. The van der Waals surface area contributed by atoms with Crippen molar-refractivity contribution in [2.75, 3.05) is 7.05 Å². The first-order chi connectivity index (χ1) is 10.4. The quantitative estimate of drug-likeness (QED) is 0.635. The molecule has 0 heterocycles. The van der Waals surface area contributed by atoms with Gasteiger partial charge in [-0.15, -0.1) is 0 Å². The Balaban J connectivity index is 2.24. The minimum atomic E-state index is -0.483. The average molecular weight is 319 g/mol. The maximum atomic E-state index is 12.5. The molecular formula is C16H15ClN2O3. The van der Waals surface area contributed by atoms with Gasteiger partial charge < -0.3 is 4.90 Å². The van der Waals surface area contributed by atoms with Gasteiger partial charge in [0.2, 0.25) is 0 Å². The van der Waals surface area contributed by atoms with Gasteiger partial charge in [-0.25, -0.2) is 0 Å². The number of nitro groups is 1. The minimum Gasteiger partial charge on any atom is -0.337 e. The van der Waals surface area contributed by atoms with Crippen molar-refractivity contribution >= 4 is 23.2 Å². The zero-order valence-electron chi connectivity index (χ0n) is 12.2. The Hall–Kier alpha value is -2.40. The van der Waals surface area contributed by atoms with E-state index in [9.17, 15) is 14.9 Å². The van der Waals surface area contributed by atoms with Crippen molar-refractivity contribution in [1.82, 2.24) is 4.90 Å². The number of nitrogens with zero attached hydrogens (tertiary/aromatic N) is 2. The fraction of sp³-hybridized carbons (Fsp3) is 0.188. The van der Waals surface area contributed by atoms with Crippen molar-refractivity contribution in [3.05, 3.63) is 74.3 Å². The molecule has 0 fully saturated rings. The second-order valence-electron chi connectivity index (χ2n) is 5.00. The van der Waals surface area contributed by atoms with Gasteiger partial charge >= 0.3 is 0 Å². The highest BCUT2D eigenvalue weighted by Gasteiger charge is 2.20. The van der Waals surface area contributed by atoms with Crippen LogP contribution in [0.4, 0.5) is 5.69 Å². The maximum Gasteiger partial charge on any atom is 0.273 e. The summed E-state index contributed by atoms with van der Waals surface area (Å²) in [7, 11) is 1.65. The Morgan fingerprint density at radius 2 is 1.95 bits per heavy atom. The number of carbonyl (C=O) groups is 1. The van der Waals surface area contributed by atoms with Gasteiger partial charge in [0.15, 0.2) is 0 Å². The fourth-order valence-electron chi connectivity index (χ4n) is 2.24. The number of carbonyl (C=O) groups excluding carboxylic acids is 1. The average Bonchev–Trinajstić information content (AvgIpc) is 2.46. The van der Waals surface area contributed by atoms with E-state index in [-0.39, 0.29) is 11.6 Å². The Labute approximate surface area is 133 Å². The van der Waals surface area contributed by atoms with Gasteiger partial charge in [-0.2, -0.15) is 0 Å². The van der Waals surface area contributed by atoms with Crippen molar-refractivity contribution in [3.8, 4) is 0 Å². The monoisotopic (exact) mass is 318 g/mol. The van der Waals surface area contributed by atoms with Crippen molar-refractivity contribution in [3.63, 3.8) is 0 Å². The normalized spacial score (nSPS) is 10.3. The lowest BCUT2D eigenvalue weighted by molar-refractivity contribution is -0.385. The van der Waals surface area contributed by atoms with Crippen LogP contribution in [0.5, 0.6) is 0 Å². The van der Waals surface area contributed by atoms with E-state index in [2.05, 4.69) is 0 Å². The molecule has 2 aromatic carbocycles. The van der Waals surface area contributed by atoms with Crippen molar-refractivity contribution in [2.45, 2.75) is 13.5 Å². The van der Waals surface area contributed by atoms with Crippen LogP contribution in [0, 0.1) is 17.0 Å². The van der Waals surface area contributed by atoms with Crippen LogP contribution in [-0.4, -0.2) is 22.8 Å². The van der Waals surface area contributed by atoms with E-state index >= 15 is 0 Å². The highest BCUT2D eigenvalue weighted by molar-refractivity contribution is 6.30. The van der Waals surface area contributed by atoms with Crippen LogP contribution in [-0.2, 0) is 6.54 Å². The van der Waals surface area contributed by atoms with E-state index in [4.69, 9.17) is 11.6 Å². The number of nitro benzene ring substituents is 1. The molecule has 1 amide bonds. The van der Waals surface area contributed by atoms with Gasteiger partial charge in [0, 0.05) is 35.8 Å². The van der Waals surface area contributed by atoms with E-state index in [1.807, 2.05) is 12.1 Å². The summed E-state index contributed by atoms with van der Waals surface area (Å²) in [6, 6.07) is 11.7. The van der Waals surface area contributed by atoms with Gasteiger partial charge in [0.05, 0.1) is 4.92 Å². The molecule has 0 spiro atoms. The van der Waals surface area contributed by atoms with E-state index in [0.29, 0.717) is 22.7 Å². The van der Waals surface area contributed by atoms with E-state index < -0.39 is 4.92 Å². The maximum absolute atomic E-state index is 12.5. The fourth-order valence-corrected chi connectivity index (χ4v) is 2.45. The molecule has 2 aromatic rings. The third-order valence-corrected chi connectivity index (χ3v) is 3.62. The smallest absolute Gasteiger partial charge is 0.273 e. The second-order valence-corrected chi connectivity index (χ2v) is 5.43. The Bertz CT molecular complexity index is 731. The van der Waals surface area contributed by atoms with Crippen LogP contribution in [0.1, 0.15) is 21.5 Å². The number of hydrogen-bond acceptors (Lipinski definition) is 3. The standard InChI is InChI=1S/C16H15ClN2O3/c1-11-14(7-4-8-15(11)19(21)22)16(20)18(2)10-12-5-3-6-13(17)9-12/h3-9H,10H2,1-2H3. The first-order valence-electron chi connectivity index (χ1n) is 6.64. The SMILES string of the molecule is Cc1c(C(=O)N(C)Cc2cccc(Cl)c2)cccc1[N+](=O)[O-]. The molecule has 6 heteroatoms. The number of halogens is 1. The molecule has 0 bridgehead atoms. The number of amides is 1. The molecule has 0 aliphatic carbocycles. The lowest BCUT2D eigenvalue weighted by Gasteiger charge is -2.18. The molecule has 0 aliphatic heterocycles. The third kappa shape index (κ3) is 3.43. The van der Waals surface area contributed by atoms with Gasteiger partial charge in [-0.3, -0.25) is 14.9 Å². The minimum absolute atomic E-state index is 0.0537. The summed E-state index contributed by atoms with van der Waals surface area (Å²) in [5.41, 5.74) is 1.54. The van der Waals surface area contributed by atoms with Crippen LogP contribution in [0.2, 0.25) is 5.02 Å². The summed E-state index contributed by atoms with van der Waals surface area (Å²) in [6.45, 7) is 1.96. The zero-order valence-corrected chi connectivity index (χ0v) is 13.0. The third-order valence-electron chi connectivity index (χ3n) is 3.39. The Morgan fingerprint density at radius 1 is 1.27 bits per heavy atom. The van der Waals surface area contributed by atoms with Gasteiger partial charge in [0.1, 0.15) is 0 Å².